The van der Waals surface area contributed by atoms with E-state index in [0.717, 1.165) is 5.69 Å². The van der Waals surface area contributed by atoms with Crippen molar-refractivity contribution in [2.45, 2.75) is 6.92 Å². The van der Waals surface area contributed by atoms with E-state index in [1.165, 1.54) is 10.6 Å². The summed E-state index contributed by atoms with van der Waals surface area (Å²) in [7, 11) is 0. The highest BCUT2D eigenvalue weighted by Gasteiger charge is 2.14. The minimum atomic E-state index is -0.535. The van der Waals surface area contributed by atoms with Crippen LogP contribution < -0.4 is 10.9 Å². The van der Waals surface area contributed by atoms with E-state index < -0.39 is 11.5 Å². The summed E-state index contributed by atoms with van der Waals surface area (Å²) < 4.78 is 1.32. The zero-order valence-electron chi connectivity index (χ0n) is 10.6. The Hall–Kier alpha value is -2.96. The molecule has 0 fully saturated rings. The van der Waals surface area contributed by atoms with Gasteiger partial charge in [0, 0.05) is 24.2 Å². The van der Waals surface area contributed by atoms with Gasteiger partial charge in [-0.15, -0.1) is 0 Å². The number of aromatic amines is 1. The number of carbonyl (C=O) groups excluding carboxylic acids is 1. The van der Waals surface area contributed by atoms with Gasteiger partial charge in [-0.1, -0.05) is 6.07 Å². The topological polar surface area (TPSA) is 92.2 Å². The van der Waals surface area contributed by atoms with Gasteiger partial charge in [0.1, 0.15) is 11.2 Å². The van der Waals surface area contributed by atoms with Gasteiger partial charge in [-0.3, -0.25) is 19.1 Å². The monoisotopic (exact) mass is 269 g/mol. The number of aromatic nitrogens is 4. The molecule has 2 N–H and O–H groups in total. The summed E-state index contributed by atoms with van der Waals surface area (Å²) in [5.74, 6) is -0.169. The number of nitrogens with one attached hydrogen (secondary N) is 2. The molecular weight excluding hydrogens is 258 g/mol. The van der Waals surface area contributed by atoms with E-state index in [1.807, 2.05) is 6.92 Å². The molecule has 7 heteroatoms. The molecule has 0 spiro atoms. The third-order valence-electron chi connectivity index (χ3n) is 2.81. The average molecular weight is 269 g/mol. The van der Waals surface area contributed by atoms with Crippen LogP contribution in [0.5, 0.6) is 0 Å². The fraction of sp³-hybridized carbons (Fsp3) is 0.0769. The van der Waals surface area contributed by atoms with Gasteiger partial charge in [-0.25, -0.2) is 4.98 Å². The van der Waals surface area contributed by atoms with Crippen molar-refractivity contribution in [2.75, 3.05) is 5.32 Å². The summed E-state index contributed by atoms with van der Waals surface area (Å²) in [6, 6.07) is 6.84. The Balaban J connectivity index is 1.99. The minimum Gasteiger partial charge on any atom is -0.305 e. The fourth-order valence-corrected chi connectivity index (χ4v) is 1.85. The normalized spacial score (nSPS) is 10.7. The number of fused-ring (bicyclic) bond motifs is 1. The number of hydrogen-bond acceptors (Lipinski definition) is 4. The lowest BCUT2D eigenvalue weighted by Gasteiger charge is -2.03. The molecular formula is C13H11N5O2. The predicted molar refractivity (Wildman–Crippen MR) is 72.7 cm³/mol. The maximum Gasteiger partial charge on any atom is 0.270 e. The van der Waals surface area contributed by atoms with Crippen LogP contribution in [0.2, 0.25) is 0 Å². The van der Waals surface area contributed by atoms with Gasteiger partial charge >= 0.3 is 0 Å². The van der Waals surface area contributed by atoms with E-state index in [2.05, 4.69) is 20.5 Å². The Labute approximate surface area is 113 Å². The lowest BCUT2D eigenvalue weighted by Crippen LogP contribution is -2.26. The number of pyridine rings is 1. The van der Waals surface area contributed by atoms with Crippen molar-refractivity contribution in [3.8, 4) is 0 Å². The highest BCUT2D eigenvalue weighted by atomic mass is 16.2. The maximum absolute atomic E-state index is 12.2. The maximum atomic E-state index is 12.2. The van der Waals surface area contributed by atoms with Crippen molar-refractivity contribution >= 4 is 17.4 Å². The van der Waals surface area contributed by atoms with E-state index in [4.69, 9.17) is 0 Å². The first-order valence-corrected chi connectivity index (χ1v) is 5.95. The molecule has 7 nitrogen and oxygen atoms in total. The van der Waals surface area contributed by atoms with E-state index >= 15 is 0 Å². The number of aryl methyl sites for hydroxylation is 1. The van der Waals surface area contributed by atoms with Crippen molar-refractivity contribution in [1.29, 1.82) is 0 Å². The van der Waals surface area contributed by atoms with E-state index in [-0.39, 0.29) is 5.56 Å². The quantitative estimate of drug-likeness (QED) is 0.725. The second-order valence-electron chi connectivity index (χ2n) is 4.30. The molecule has 0 bridgehead atoms. The van der Waals surface area contributed by atoms with Crippen molar-refractivity contribution in [2.24, 2.45) is 0 Å². The Kier molecular flexibility index (Phi) is 2.79. The Morgan fingerprint density at radius 1 is 1.40 bits per heavy atom. The first kappa shape index (κ1) is 12.1. The van der Waals surface area contributed by atoms with Gasteiger partial charge < -0.3 is 5.32 Å². The highest BCUT2D eigenvalue weighted by molar-refractivity contribution is 6.03. The van der Waals surface area contributed by atoms with Gasteiger partial charge in [0.2, 0.25) is 0 Å². The Morgan fingerprint density at radius 2 is 2.25 bits per heavy atom. The van der Waals surface area contributed by atoms with Crippen molar-refractivity contribution in [1.82, 2.24) is 19.6 Å². The summed E-state index contributed by atoms with van der Waals surface area (Å²) in [4.78, 5) is 28.4. The summed E-state index contributed by atoms with van der Waals surface area (Å²) >= 11 is 0. The molecule has 0 aromatic carbocycles. The molecule has 100 valence electrons. The van der Waals surface area contributed by atoms with Gasteiger partial charge in [-0.05, 0) is 19.1 Å². The number of hydrogen-bond donors (Lipinski definition) is 2. The fourth-order valence-electron chi connectivity index (χ4n) is 1.85. The molecule has 3 heterocycles. The van der Waals surface area contributed by atoms with E-state index in [1.54, 1.807) is 30.5 Å². The number of anilines is 1. The van der Waals surface area contributed by atoms with Crippen LogP contribution in [-0.2, 0) is 0 Å². The number of rotatable bonds is 2. The number of nitrogens with zero attached hydrogens (tertiary/aromatic N) is 3. The van der Waals surface area contributed by atoms with Crippen LogP contribution in [0.25, 0.3) is 5.65 Å². The van der Waals surface area contributed by atoms with Gasteiger partial charge in [0.25, 0.3) is 11.5 Å². The third-order valence-corrected chi connectivity index (χ3v) is 2.81. The van der Waals surface area contributed by atoms with Crippen LogP contribution in [0.1, 0.15) is 16.1 Å². The van der Waals surface area contributed by atoms with Crippen LogP contribution in [0.4, 0.5) is 5.82 Å². The van der Waals surface area contributed by atoms with Gasteiger partial charge in [-0.2, -0.15) is 5.10 Å². The van der Waals surface area contributed by atoms with Crippen molar-refractivity contribution < 1.29 is 4.79 Å². The van der Waals surface area contributed by atoms with Crippen LogP contribution in [-0.4, -0.2) is 25.5 Å². The third kappa shape index (κ3) is 2.05. The number of H-pyrrole nitrogens is 1. The molecule has 0 radical (unpaired) electrons. The van der Waals surface area contributed by atoms with Gasteiger partial charge in [0.05, 0.1) is 0 Å². The summed E-state index contributed by atoms with van der Waals surface area (Å²) in [6.45, 7) is 1.81. The lowest BCUT2D eigenvalue weighted by molar-refractivity contribution is 0.102. The van der Waals surface area contributed by atoms with Crippen LogP contribution in [0, 0.1) is 6.92 Å². The SMILES string of the molecule is Cc1cc(NC(=O)c2cnc3ccccn3c2=O)n[nH]1. The number of carbonyl (C=O) groups is 1. The molecule has 0 saturated heterocycles. The first-order valence-electron chi connectivity index (χ1n) is 5.95. The molecule has 3 aromatic rings. The predicted octanol–water partition coefficient (Wildman–Crippen LogP) is 0.978. The molecule has 0 aliphatic rings. The second kappa shape index (κ2) is 4.61. The van der Waals surface area contributed by atoms with Crippen molar-refractivity contribution in [3.05, 3.63) is 58.3 Å². The first-order chi connectivity index (χ1) is 9.65. The van der Waals surface area contributed by atoms with Crippen LogP contribution in [0.15, 0.2) is 41.5 Å². The molecule has 20 heavy (non-hydrogen) atoms. The van der Waals surface area contributed by atoms with Crippen molar-refractivity contribution in [3.63, 3.8) is 0 Å². The molecule has 3 aromatic heterocycles. The van der Waals surface area contributed by atoms with Crippen LogP contribution >= 0.6 is 0 Å². The Morgan fingerprint density at radius 3 is 3.00 bits per heavy atom. The van der Waals surface area contributed by atoms with Crippen LogP contribution in [0.3, 0.4) is 0 Å². The zero-order chi connectivity index (χ0) is 14.1. The highest BCUT2D eigenvalue weighted by Crippen LogP contribution is 2.05. The molecule has 3 rings (SSSR count). The van der Waals surface area contributed by atoms with E-state index in [9.17, 15) is 9.59 Å². The molecule has 0 saturated carbocycles. The minimum absolute atomic E-state index is 0.0330. The average Bonchev–Trinajstić information content (AvgIpc) is 2.84. The second-order valence-corrected chi connectivity index (χ2v) is 4.30. The number of amides is 1. The zero-order valence-corrected chi connectivity index (χ0v) is 10.6. The molecule has 0 aliphatic heterocycles. The smallest absolute Gasteiger partial charge is 0.270 e. The lowest BCUT2D eigenvalue weighted by atomic mass is 10.3. The molecule has 0 unspecified atom stereocenters. The summed E-state index contributed by atoms with van der Waals surface area (Å²) in [5.41, 5.74) is 0.855. The molecule has 0 atom stereocenters. The Bertz CT molecular complexity index is 849. The largest absolute Gasteiger partial charge is 0.305 e. The van der Waals surface area contributed by atoms with Gasteiger partial charge in [0.15, 0.2) is 5.82 Å². The molecule has 1 amide bonds. The van der Waals surface area contributed by atoms with E-state index in [0.29, 0.717) is 11.5 Å². The summed E-state index contributed by atoms with van der Waals surface area (Å²) in [6.07, 6.45) is 2.84. The summed E-state index contributed by atoms with van der Waals surface area (Å²) in [5, 5.41) is 9.14. The standard InChI is InChI=1S/C13H11N5O2/c1-8-6-10(17-16-8)15-12(19)9-7-14-11-4-2-3-5-18(11)13(9)20/h2-7H,1H3,(H2,15,16,17,19). The molecule has 0 aliphatic carbocycles.